The van der Waals surface area contributed by atoms with Crippen LogP contribution in [-0.2, 0) is 4.79 Å². The van der Waals surface area contributed by atoms with Crippen molar-refractivity contribution in [3.63, 3.8) is 0 Å². The van der Waals surface area contributed by atoms with E-state index in [4.69, 9.17) is 10.4 Å². The van der Waals surface area contributed by atoms with Gasteiger partial charge in [-0.25, -0.2) is 10.1 Å². The van der Waals surface area contributed by atoms with Crippen LogP contribution in [0.2, 0.25) is 0 Å². The van der Waals surface area contributed by atoms with Crippen LogP contribution in [0.15, 0.2) is 42.5 Å². The van der Waals surface area contributed by atoms with E-state index in [-0.39, 0.29) is 22.8 Å². The van der Waals surface area contributed by atoms with Gasteiger partial charge in [0.15, 0.2) is 5.75 Å². The van der Waals surface area contributed by atoms with Gasteiger partial charge in [0, 0.05) is 17.2 Å². The molecule has 0 aliphatic carbocycles. The Labute approximate surface area is 119 Å². The molecule has 0 fully saturated rings. The molecule has 0 amide bonds. The van der Waals surface area contributed by atoms with E-state index in [1.54, 1.807) is 6.07 Å². The summed E-state index contributed by atoms with van der Waals surface area (Å²) in [5.41, 5.74) is 1.08. The first-order valence-electron chi connectivity index (χ1n) is 5.90. The average molecular weight is 288 g/mol. The molecule has 108 valence electrons. The summed E-state index contributed by atoms with van der Waals surface area (Å²) in [6, 6.07) is 8.50. The molecular formula is C15H12O6. The predicted molar refractivity (Wildman–Crippen MR) is 75.1 cm³/mol. The van der Waals surface area contributed by atoms with Gasteiger partial charge in [0.1, 0.15) is 11.5 Å². The topological polar surface area (TPSA) is 107 Å². The summed E-state index contributed by atoms with van der Waals surface area (Å²) < 4.78 is 0. The maximum Gasteiger partial charge on any atom is 0.328 e. The van der Waals surface area contributed by atoms with Crippen molar-refractivity contribution in [2.24, 2.45) is 0 Å². The number of hydrogen-bond acceptors (Lipinski definition) is 5. The number of rotatable bonds is 4. The molecule has 0 spiro atoms. The number of aromatic hydroxyl groups is 2. The van der Waals surface area contributed by atoms with E-state index < -0.39 is 5.97 Å². The molecule has 0 saturated heterocycles. The van der Waals surface area contributed by atoms with Crippen molar-refractivity contribution in [2.45, 2.75) is 0 Å². The monoisotopic (exact) mass is 288 g/mol. The minimum atomic E-state index is -1.09. The highest BCUT2D eigenvalue weighted by Crippen LogP contribution is 2.38. The summed E-state index contributed by atoms with van der Waals surface area (Å²) in [6.45, 7) is 0. The standard InChI is InChI=1S/C15H12O6/c16-13-5-3-10(21-20)8-12(13)11-4-1-9(7-14(11)17)2-6-15(18)19/h1-8,16-17,20H,(H,18,19)/b6-2+. The summed E-state index contributed by atoms with van der Waals surface area (Å²) in [5.74, 6) is -1.23. The molecule has 0 bridgehead atoms. The molecule has 0 saturated carbocycles. The van der Waals surface area contributed by atoms with Crippen LogP contribution in [0.3, 0.4) is 0 Å². The fourth-order valence-corrected chi connectivity index (χ4v) is 1.84. The molecule has 6 nitrogen and oxygen atoms in total. The van der Waals surface area contributed by atoms with Crippen molar-refractivity contribution in [3.05, 3.63) is 48.0 Å². The van der Waals surface area contributed by atoms with Gasteiger partial charge in [0.25, 0.3) is 0 Å². The van der Waals surface area contributed by atoms with Gasteiger partial charge in [0.05, 0.1) is 0 Å². The number of phenols is 2. The summed E-state index contributed by atoms with van der Waals surface area (Å²) in [7, 11) is 0. The maximum absolute atomic E-state index is 10.4. The largest absolute Gasteiger partial charge is 0.507 e. The highest BCUT2D eigenvalue weighted by atomic mass is 17.1. The molecule has 0 aliphatic heterocycles. The highest BCUT2D eigenvalue weighted by molar-refractivity contribution is 5.86. The second kappa shape index (κ2) is 5.98. The quantitative estimate of drug-likeness (QED) is 0.391. The van der Waals surface area contributed by atoms with Gasteiger partial charge in [-0.1, -0.05) is 6.07 Å². The lowest BCUT2D eigenvalue weighted by atomic mass is 10.0. The normalized spacial score (nSPS) is 10.7. The summed E-state index contributed by atoms with van der Waals surface area (Å²) in [4.78, 5) is 14.5. The number of carboxylic acid groups (broad SMARTS) is 1. The van der Waals surface area contributed by atoms with Gasteiger partial charge < -0.3 is 20.2 Å². The van der Waals surface area contributed by atoms with Crippen LogP contribution in [-0.4, -0.2) is 26.5 Å². The molecule has 0 atom stereocenters. The molecule has 0 aliphatic rings. The molecule has 0 heterocycles. The highest BCUT2D eigenvalue weighted by Gasteiger charge is 2.11. The lowest BCUT2D eigenvalue weighted by molar-refractivity contribution is -0.137. The van der Waals surface area contributed by atoms with E-state index in [0.29, 0.717) is 11.1 Å². The zero-order valence-electron chi connectivity index (χ0n) is 10.7. The summed E-state index contributed by atoms with van der Waals surface area (Å²) >= 11 is 0. The average Bonchev–Trinajstić information content (AvgIpc) is 2.46. The van der Waals surface area contributed by atoms with Crippen LogP contribution in [0.4, 0.5) is 0 Å². The SMILES string of the molecule is O=C(O)/C=C/c1ccc(-c2cc(OO)ccc2O)c(O)c1. The number of carboxylic acids is 1. The van der Waals surface area contributed by atoms with Crippen LogP contribution >= 0.6 is 0 Å². The van der Waals surface area contributed by atoms with E-state index in [9.17, 15) is 15.0 Å². The van der Waals surface area contributed by atoms with E-state index >= 15 is 0 Å². The van der Waals surface area contributed by atoms with Crippen LogP contribution in [0, 0.1) is 0 Å². The molecule has 2 aromatic rings. The van der Waals surface area contributed by atoms with E-state index in [1.807, 2.05) is 0 Å². The van der Waals surface area contributed by atoms with E-state index in [1.165, 1.54) is 36.4 Å². The lowest BCUT2D eigenvalue weighted by Gasteiger charge is -2.09. The van der Waals surface area contributed by atoms with Crippen LogP contribution < -0.4 is 4.89 Å². The zero-order chi connectivity index (χ0) is 15.4. The second-order valence-corrected chi connectivity index (χ2v) is 4.22. The van der Waals surface area contributed by atoms with E-state index in [0.717, 1.165) is 6.08 Å². The Morgan fingerprint density at radius 1 is 1.00 bits per heavy atom. The van der Waals surface area contributed by atoms with Gasteiger partial charge >= 0.3 is 5.97 Å². The van der Waals surface area contributed by atoms with Gasteiger partial charge in [-0.2, -0.15) is 0 Å². The number of benzene rings is 2. The number of hydrogen-bond donors (Lipinski definition) is 4. The molecule has 2 rings (SSSR count). The Hall–Kier alpha value is -2.99. The van der Waals surface area contributed by atoms with E-state index in [2.05, 4.69) is 4.89 Å². The molecular weight excluding hydrogens is 276 g/mol. The molecule has 0 aromatic heterocycles. The van der Waals surface area contributed by atoms with Crippen molar-refractivity contribution >= 4 is 12.0 Å². The first kappa shape index (κ1) is 14.4. The van der Waals surface area contributed by atoms with Gasteiger partial charge in [-0.05, 0) is 42.0 Å². The smallest absolute Gasteiger partial charge is 0.328 e. The first-order chi connectivity index (χ1) is 10.0. The Kier molecular flexibility index (Phi) is 4.10. The van der Waals surface area contributed by atoms with Crippen molar-refractivity contribution < 1.29 is 30.3 Å². The Bertz CT molecular complexity index is 705. The zero-order valence-corrected chi connectivity index (χ0v) is 10.7. The molecule has 4 N–H and O–H groups in total. The third kappa shape index (κ3) is 3.31. The van der Waals surface area contributed by atoms with Crippen LogP contribution in [0.5, 0.6) is 17.2 Å². The predicted octanol–water partition coefficient (Wildman–Crippen LogP) is 2.71. The minimum Gasteiger partial charge on any atom is -0.507 e. The maximum atomic E-state index is 10.4. The van der Waals surface area contributed by atoms with Crippen molar-refractivity contribution in [3.8, 4) is 28.4 Å². The Morgan fingerprint density at radius 3 is 2.38 bits per heavy atom. The third-order valence-corrected chi connectivity index (χ3v) is 2.80. The lowest BCUT2D eigenvalue weighted by Crippen LogP contribution is -1.88. The molecule has 6 heteroatoms. The van der Waals surface area contributed by atoms with Gasteiger partial charge in [-0.3, -0.25) is 0 Å². The van der Waals surface area contributed by atoms with Crippen molar-refractivity contribution in [1.29, 1.82) is 0 Å². The number of aliphatic carboxylic acids is 1. The number of carbonyl (C=O) groups is 1. The molecule has 0 unspecified atom stereocenters. The second-order valence-electron chi connectivity index (χ2n) is 4.22. The summed E-state index contributed by atoms with van der Waals surface area (Å²) in [5, 5.41) is 37.0. The fraction of sp³-hybridized carbons (Fsp3) is 0. The summed E-state index contributed by atoms with van der Waals surface area (Å²) in [6.07, 6.45) is 2.28. The van der Waals surface area contributed by atoms with Gasteiger partial charge in [0.2, 0.25) is 0 Å². The van der Waals surface area contributed by atoms with Crippen molar-refractivity contribution in [1.82, 2.24) is 0 Å². The molecule has 2 aromatic carbocycles. The number of phenolic OH excluding ortho intramolecular Hbond substituents is 2. The minimum absolute atomic E-state index is 0.0973. The fourth-order valence-electron chi connectivity index (χ4n) is 1.84. The molecule has 0 radical (unpaired) electrons. The Morgan fingerprint density at radius 2 is 1.76 bits per heavy atom. The third-order valence-electron chi connectivity index (χ3n) is 2.80. The van der Waals surface area contributed by atoms with Crippen LogP contribution in [0.25, 0.3) is 17.2 Å². The molecule has 21 heavy (non-hydrogen) atoms. The first-order valence-corrected chi connectivity index (χ1v) is 5.90. The van der Waals surface area contributed by atoms with Crippen LogP contribution in [0.1, 0.15) is 5.56 Å². The van der Waals surface area contributed by atoms with Gasteiger partial charge in [-0.15, -0.1) is 0 Å². The Balaban J connectivity index is 2.44. The van der Waals surface area contributed by atoms with Crippen molar-refractivity contribution in [2.75, 3.05) is 0 Å².